The molecule has 0 unspecified atom stereocenters. The first kappa shape index (κ1) is 22.3. The summed E-state index contributed by atoms with van der Waals surface area (Å²) >= 11 is 0. The topological polar surface area (TPSA) is 105 Å². The molecule has 8 nitrogen and oxygen atoms in total. The number of methoxy groups -OCH3 is 1. The van der Waals surface area contributed by atoms with Crippen molar-refractivity contribution < 1.29 is 28.3 Å². The predicted octanol–water partition coefficient (Wildman–Crippen LogP) is 1.69. The SMILES string of the molecule is CC[C@H](C)[C@H](NC(=O)CN1C(=O)N[C@](CC)(c2ccc(F)cc2)C1=O)C(=O)OC. The van der Waals surface area contributed by atoms with E-state index in [-0.39, 0.29) is 12.3 Å². The number of rotatable bonds is 8. The van der Waals surface area contributed by atoms with Gasteiger partial charge >= 0.3 is 12.0 Å². The predicted molar refractivity (Wildman–Crippen MR) is 102 cm³/mol. The molecule has 1 heterocycles. The zero-order chi connectivity index (χ0) is 21.8. The van der Waals surface area contributed by atoms with Gasteiger partial charge in [-0.1, -0.05) is 39.3 Å². The summed E-state index contributed by atoms with van der Waals surface area (Å²) in [5.74, 6) is -2.52. The van der Waals surface area contributed by atoms with Gasteiger partial charge in [0.05, 0.1) is 7.11 Å². The van der Waals surface area contributed by atoms with Gasteiger partial charge in [0.15, 0.2) is 0 Å². The third kappa shape index (κ3) is 4.38. The van der Waals surface area contributed by atoms with Crippen molar-refractivity contribution in [3.8, 4) is 0 Å². The van der Waals surface area contributed by atoms with Crippen molar-refractivity contribution in [1.82, 2.24) is 15.5 Å². The minimum atomic E-state index is -1.37. The van der Waals surface area contributed by atoms with Crippen LogP contribution in [0, 0.1) is 11.7 Å². The van der Waals surface area contributed by atoms with Gasteiger partial charge in [0.2, 0.25) is 5.91 Å². The fraction of sp³-hybridized carbons (Fsp3) is 0.500. The number of carbonyl (C=O) groups excluding carboxylic acids is 4. The van der Waals surface area contributed by atoms with Gasteiger partial charge < -0.3 is 15.4 Å². The fourth-order valence-electron chi connectivity index (χ4n) is 3.30. The third-order valence-electron chi connectivity index (χ3n) is 5.33. The van der Waals surface area contributed by atoms with Crippen LogP contribution < -0.4 is 10.6 Å². The van der Waals surface area contributed by atoms with Crippen LogP contribution >= 0.6 is 0 Å². The summed E-state index contributed by atoms with van der Waals surface area (Å²) < 4.78 is 18.0. The standard InChI is InChI=1S/C20H26FN3O5/c1-5-12(3)16(17(26)29-4)22-15(25)11-24-18(27)20(6-2,23-19(24)28)13-7-9-14(21)10-8-13/h7-10,12,16H,5-6,11H2,1-4H3,(H,22,25)(H,23,28)/t12-,16-,20+/m0/s1. The molecule has 29 heavy (non-hydrogen) atoms. The highest BCUT2D eigenvalue weighted by atomic mass is 19.1. The maximum Gasteiger partial charge on any atom is 0.328 e. The normalized spacial score (nSPS) is 20.8. The van der Waals surface area contributed by atoms with E-state index in [2.05, 4.69) is 10.6 Å². The molecule has 1 aromatic rings. The number of imide groups is 1. The van der Waals surface area contributed by atoms with E-state index >= 15 is 0 Å². The summed E-state index contributed by atoms with van der Waals surface area (Å²) in [6.45, 7) is 4.81. The highest BCUT2D eigenvalue weighted by Gasteiger charge is 2.51. The van der Waals surface area contributed by atoms with Crippen LogP contribution in [0.15, 0.2) is 24.3 Å². The van der Waals surface area contributed by atoms with E-state index in [0.29, 0.717) is 12.0 Å². The molecule has 0 radical (unpaired) electrons. The summed E-state index contributed by atoms with van der Waals surface area (Å²) in [4.78, 5) is 50.7. The van der Waals surface area contributed by atoms with Gasteiger partial charge in [0, 0.05) is 0 Å². The zero-order valence-electron chi connectivity index (χ0n) is 17.0. The van der Waals surface area contributed by atoms with E-state index in [1.807, 2.05) is 6.92 Å². The molecule has 0 saturated carbocycles. The molecule has 158 valence electrons. The average molecular weight is 407 g/mol. The summed E-state index contributed by atoms with van der Waals surface area (Å²) in [5, 5.41) is 5.16. The Balaban J connectivity index is 2.19. The molecule has 0 aromatic heterocycles. The highest BCUT2D eigenvalue weighted by molar-refractivity contribution is 6.09. The monoisotopic (exact) mass is 407 g/mol. The smallest absolute Gasteiger partial charge is 0.328 e. The van der Waals surface area contributed by atoms with Crippen LogP contribution in [0.5, 0.6) is 0 Å². The van der Waals surface area contributed by atoms with Crippen molar-refractivity contribution >= 4 is 23.8 Å². The van der Waals surface area contributed by atoms with Crippen molar-refractivity contribution in [3.05, 3.63) is 35.6 Å². The third-order valence-corrected chi connectivity index (χ3v) is 5.33. The summed E-state index contributed by atoms with van der Waals surface area (Å²) in [6.07, 6.45) is 0.839. The largest absolute Gasteiger partial charge is 0.467 e. The molecule has 1 aliphatic rings. The number of carbonyl (C=O) groups is 4. The molecule has 1 saturated heterocycles. The van der Waals surface area contributed by atoms with E-state index in [9.17, 15) is 23.6 Å². The number of hydrogen-bond acceptors (Lipinski definition) is 5. The van der Waals surface area contributed by atoms with Crippen molar-refractivity contribution in [1.29, 1.82) is 0 Å². The van der Waals surface area contributed by atoms with Crippen molar-refractivity contribution in [2.75, 3.05) is 13.7 Å². The molecule has 1 aromatic carbocycles. The minimum Gasteiger partial charge on any atom is -0.467 e. The van der Waals surface area contributed by atoms with Gasteiger partial charge in [-0.25, -0.2) is 14.0 Å². The molecule has 2 rings (SSSR count). The maximum atomic E-state index is 13.3. The molecule has 1 fully saturated rings. The van der Waals surface area contributed by atoms with Crippen molar-refractivity contribution in [3.63, 3.8) is 0 Å². The number of urea groups is 1. The molecule has 0 aliphatic carbocycles. The Hall–Kier alpha value is -2.97. The van der Waals surface area contributed by atoms with E-state index < -0.39 is 47.8 Å². The lowest BCUT2D eigenvalue weighted by molar-refractivity contribution is -0.146. The van der Waals surface area contributed by atoms with Crippen LogP contribution in [0.2, 0.25) is 0 Å². The molecule has 9 heteroatoms. The number of hydrogen-bond donors (Lipinski definition) is 2. The second kappa shape index (κ2) is 9.02. The number of esters is 1. The minimum absolute atomic E-state index is 0.191. The van der Waals surface area contributed by atoms with Gasteiger partial charge in [-0.3, -0.25) is 14.5 Å². The Morgan fingerprint density at radius 1 is 1.24 bits per heavy atom. The lowest BCUT2D eigenvalue weighted by Gasteiger charge is -2.26. The second-order valence-electron chi connectivity index (χ2n) is 7.04. The Kier molecular flexibility index (Phi) is 6.94. The quantitative estimate of drug-likeness (QED) is 0.504. The van der Waals surface area contributed by atoms with Crippen molar-refractivity contribution in [2.45, 2.75) is 45.2 Å². The van der Waals surface area contributed by atoms with E-state index in [0.717, 1.165) is 4.90 Å². The van der Waals surface area contributed by atoms with Crippen LogP contribution in [0.3, 0.4) is 0 Å². The lowest BCUT2D eigenvalue weighted by Crippen LogP contribution is -2.50. The van der Waals surface area contributed by atoms with Crippen LogP contribution in [0.25, 0.3) is 0 Å². The zero-order valence-corrected chi connectivity index (χ0v) is 17.0. The van der Waals surface area contributed by atoms with Gasteiger partial charge in [-0.05, 0) is 30.0 Å². The molecular formula is C20H26FN3O5. The number of amides is 4. The summed E-state index contributed by atoms with van der Waals surface area (Å²) in [6, 6.07) is 3.65. The Labute approximate surface area is 168 Å². The van der Waals surface area contributed by atoms with Crippen molar-refractivity contribution in [2.24, 2.45) is 5.92 Å². The molecule has 4 amide bonds. The summed E-state index contributed by atoms with van der Waals surface area (Å²) in [5.41, 5.74) is -0.946. The average Bonchev–Trinajstić information content (AvgIpc) is 2.96. The van der Waals surface area contributed by atoms with Gasteiger partial charge in [-0.15, -0.1) is 0 Å². The first-order chi connectivity index (χ1) is 13.7. The Morgan fingerprint density at radius 3 is 2.38 bits per heavy atom. The molecular weight excluding hydrogens is 381 g/mol. The lowest BCUT2D eigenvalue weighted by atomic mass is 9.87. The fourth-order valence-corrected chi connectivity index (χ4v) is 3.30. The van der Waals surface area contributed by atoms with Crippen LogP contribution in [0.1, 0.15) is 39.2 Å². The molecule has 2 N–H and O–H groups in total. The Bertz CT molecular complexity index is 798. The van der Waals surface area contributed by atoms with Gasteiger partial charge in [-0.2, -0.15) is 0 Å². The molecule has 1 aliphatic heterocycles. The molecule has 0 spiro atoms. The van der Waals surface area contributed by atoms with E-state index in [1.165, 1.54) is 31.4 Å². The second-order valence-corrected chi connectivity index (χ2v) is 7.04. The maximum absolute atomic E-state index is 13.3. The van der Waals surface area contributed by atoms with Crippen LogP contribution in [-0.4, -0.2) is 48.4 Å². The first-order valence-electron chi connectivity index (χ1n) is 9.47. The molecule has 0 bridgehead atoms. The van der Waals surface area contributed by atoms with Crippen LogP contribution in [0.4, 0.5) is 9.18 Å². The number of halogens is 1. The molecule has 3 atom stereocenters. The number of ether oxygens (including phenoxy) is 1. The van der Waals surface area contributed by atoms with Gasteiger partial charge in [0.25, 0.3) is 5.91 Å². The highest BCUT2D eigenvalue weighted by Crippen LogP contribution is 2.32. The number of nitrogens with one attached hydrogen (secondary N) is 2. The Morgan fingerprint density at radius 2 is 1.86 bits per heavy atom. The van der Waals surface area contributed by atoms with E-state index in [1.54, 1.807) is 13.8 Å². The van der Waals surface area contributed by atoms with E-state index in [4.69, 9.17) is 4.74 Å². The number of nitrogens with zero attached hydrogens (tertiary/aromatic N) is 1. The van der Waals surface area contributed by atoms with Crippen LogP contribution in [-0.2, 0) is 24.7 Å². The first-order valence-corrected chi connectivity index (χ1v) is 9.47. The summed E-state index contributed by atoms with van der Waals surface area (Å²) in [7, 11) is 1.22. The van der Waals surface area contributed by atoms with Gasteiger partial charge in [0.1, 0.15) is 23.9 Å². The number of benzene rings is 1.